The molecule has 2 amide bonds. The number of hydrogen-bond donors (Lipinski definition) is 1. The van der Waals surface area contributed by atoms with E-state index in [1.165, 1.54) is 33.0 Å². The molecule has 2 heterocycles. The summed E-state index contributed by atoms with van der Waals surface area (Å²) in [4.78, 5) is 40.9. The Morgan fingerprint density at radius 3 is 2.54 bits per heavy atom. The minimum atomic E-state index is -0.324. The SMILES string of the molecule is Cc1ccc(Nc2ncnc3sc(C(=O)N(C)CC(=O)N(C)C)nc23)cc1C. The molecule has 3 rings (SSSR count). The van der Waals surface area contributed by atoms with Gasteiger partial charge in [-0.3, -0.25) is 9.59 Å². The van der Waals surface area contributed by atoms with Crippen LogP contribution >= 0.6 is 11.3 Å². The molecule has 0 aliphatic heterocycles. The first-order chi connectivity index (χ1) is 13.3. The van der Waals surface area contributed by atoms with Gasteiger partial charge < -0.3 is 15.1 Å². The van der Waals surface area contributed by atoms with Crippen molar-refractivity contribution in [2.75, 3.05) is 33.0 Å². The van der Waals surface area contributed by atoms with Crippen molar-refractivity contribution in [3.63, 3.8) is 0 Å². The second-order valence-corrected chi connectivity index (χ2v) is 7.75. The van der Waals surface area contributed by atoms with Crippen LogP contribution in [0.4, 0.5) is 11.5 Å². The molecule has 8 nitrogen and oxygen atoms in total. The van der Waals surface area contributed by atoms with Gasteiger partial charge in [-0.05, 0) is 37.1 Å². The van der Waals surface area contributed by atoms with E-state index in [0.29, 0.717) is 16.2 Å². The molecular formula is C19H22N6O2S. The monoisotopic (exact) mass is 398 g/mol. The largest absolute Gasteiger partial charge is 0.347 e. The Morgan fingerprint density at radius 1 is 1.11 bits per heavy atom. The van der Waals surface area contributed by atoms with Gasteiger partial charge in [0.15, 0.2) is 10.8 Å². The summed E-state index contributed by atoms with van der Waals surface area (Å²) in [7, 11) is 4.88. The lowest BCUT2D eigenvalue weighted by Gasteiger charge is -2.17. The molecule has 0 unspecified atom stereocenters. The molecule has 0 aliphatic rings. The van der Waals surface area contributed by atoms with Gasteiger partial charge in [-0.25, -0.2) is 15.0 Å². The molecule has 0 saturated carbocycles. The van der Waals surface area contributed by atoms with Crippen molar-refractivity contribution in [2.45, 2.75) is 13.8 Å². The lowest BCUT2D eigenvalue weighted by molar-refractivity contribution is -0.129. The van der Waals surface area contributed by atoms with Gasteiger partial charge in [0.05, 0.1) is 6.54 Å². The second-order valence-electron chi connectivity index (χ2n) is 6.77. The molecule has 0 aliphatic carbocycles. The van der Waals surface area contributed by atoms with Gasteiger partial charge in [0.25, 0.3) is 5.91 Å². The Kier molecular flexibility index (Phi) is 5.55. The fourth-order valence-corrected chi connectivity index (χ4v) is 3.37. The molecule has 3 aromatic rings. The highest BCUT2D eigenvalue weighted by molar-refractivity contribution is 7.19. The molecular weight excluding hydrogens is 376 g/mol. The van der Waals surface area contributed by atoms with Crippen LogP contribution in [0.1, 0.15) is 20.9 Å². The third-order valence-electron chi connectivity index (χ3n) is 4.37. The number of thiazole rings is 1. The highest BCUT2D eigenvalue weighted by atomic mass is 32.1. The van der Waals surface area contributed by atoms with Crippen LogP contribution in [0, 0.1) is 13.8 Å². The van der Waals surface area contributed by atoms with E-state index in [1.807, 2.05) is 25.1 Å². The zero-order valence-electron chi connectivity index (χ0n) is 16.5. The Balaban J connectivity index is 1.87. The molecule has 0 radical (unpaired) electrons. The maximum atomic E-state index is 12.7. The predicted molar refractivity (Wildman–Crippen MR) is 110 cm³/mol. The van der Waals surface area contributed by atoms with Crippen molar-refractivity contribution in [3.8, 4) is 0 Å². The van der Waals surface area contributed by atoms with Gasteiger partial charge in [-0.15, -0.1) is 0 Å². The molecule has 0 spiro atoms. The Morgan fingerprint density at radius 2 is 1.86 bits per heavy atom. The quantitative estimate of drug-likeness (QED) is 0.710. The van der Waals surface area contributed by atoms with Crippen molar-refractivity contribution in [1.29, 1.82) is 0 Å². The number of amides is 2. The third-order valence-corrected chi connectivity index (χ3v) is 5.32. The lowest BCUT2D eigenvalue weighted by Crippen LogP contribution is -2.37. The summed E-state index contributed by atoms with van der Waals surface area (Å²) in [5.41, 5.74) is 3.78. The van der Waals surface area contributed by atoms with Crippen LogP contribution in [0.3, 0.4) is 0 Å². The van der Waals surface area contributed by atoms with E-state index in [1.54, 1.807) is 21.1 Å². The summed E-state index contributed by atoms with van der Waals surface area (Å²) in [6, 6.07) is 6.03. The number of carbonyl (C=O) groups excluding carboxylic acids is 2. The number of nitrogens with zero attached hydrogens (tertiary/aromatic N) is 5. The fourth-order valence-electron chi connectivity index (χ4n) is 2.47. The molecule has 1 aromatic carbocycles. The molecule has 146 valence electrons. The average molecular weight is 398 g/mol. The van der Waals surface area contributed by atoms with E-state index in [0.717, 1.165) is 11.3 Å². The maximum absolute atomic E-state index is 12.7. The van der Waals surface area contributed by atoms with E-state index in [2.05, 4.69) is 27.2 Å². The highest BCUT2D eigenvalue weighted by Crippen LogP contribution is 2.28. The Labute approximate surface area is 167 Å². The molecule has 0 atom stereocenters. The fraction of sp³-hybridized carbons (Fsp3) is 0.316. The van der Waals surface area contributed by atoms with Gasteiger partial charge in [0, 0.05) is 26.8 Å². The predicted octanol–water partition coefficient (Wildman–Crippen LogP) is 2.61. The number of aryl methyl sites for hydroxylation is 2. The number of carbonyl (C=O) groups is 2. The van der Waals surface area contributed by atoms with Crippen molar-refractivity contribution >= 4 is 45.0 Å². The number of benzene rings is 1. The van der Waals surface area contributed by atoms with Crippen molar-refractivity contribution in [2.24, 2.45) is 0 Å². The first-order valence-corrected chi connectivity index (χ1v) is 9.49. The molecule has 0 bridgehead atoms. The Bertz CT molecular complexity index is 1050. The summed E-state index contributed by atoms with van der Waals surface area (Å²) < 4.78 is 0. The maximum Gasteiger partial charge on any atom is 0.283 e. The van der Waals surface area contributed by atoms with Crippen LogP contribution in [0.15, 0.2) is 24.5 Å². The Hall–Kier alpha value is -3.07. The van der Waals surface area contributed by atoms with Gasteiger partial charge in [0.2, 0.25) is 5.91 Å². The zero-order valence-corrected chi connectivity index (χ0v) is 17.3. The van der Waals surface area contributed by atoms with Crippen LogP contribution in [0.5, 0.6) is 0 Å². The third kappa shape index (κ3) is 4.09. The molecule has 0 saturated heterocycles. The van der Waals surface area contributed by atoms with Gasteiger partial charge in [0.1, 0.15) is 16.7 Å². The average Bonchev–Trinajstić information content (AvgIpc) is 3.09. The summed E-state index contributed by atoms with van der Waals surface area (Å²) in [6.07, 6.45) is 1.44. The summed E-state index contributed by atoms with van der Waals surface area (Å²) in [5.74, 6) is 0.0553. The molecule has 1 N–H and O–H groups in total. The molecule has 28 heavy (non-hydrogen) atoms. The van der Waals surface area contributed by atoms with Crippen LogP contribution in [0.25, 0.3) is 10.3 Å². The second kappa shape index (κ2) is 7.89. The summed E-state index contributed by atoms with van der Waals surface area (Å²) >= 11 is 1.18. The minimum Gasteiger partial charge on any atom is -0.347 e. The first-order valence-electron chi connectivity index (χ1n) is 8.67. The van der Waals surface area contributed by atoms with Crippen molar-refractivity contribution < 1.29 is 9.59 Å². The minimum absolute atomic E-state index is 0.0127. The van der Waals surface area contributed by atoms with E-state index in [-0.39, 0.29) is 23.4 Å². The molecule has 9 heteroatoms. The number of nitrogens with one attached hydrogen (secondary N) is 1. The van der Waals surface area contributed by atoms with Crippen LogP contribution in [-0.4, -0.2) is 64.3 Å². The van der Waals surface area contributed by atoms with Crippen LogP contribution in [0.2, 0.25) is 0 Å². The summed E-state index contributed by atoms with van der Waals surface area (Å²) in [5, 5.41) is 3.52. The standard InChI is InChI=1S/C19H22N6O2S/c1-11-6-7-13(8-12(11)2)22-16-15-17(21-10-20-16)28-18(23-15)19(27)25(5)9-14(26)24(3)4/h6-8,10H,9H2,1-5H3,(H,20,21,22). The molecule has 0 fully saturated rings. The zero-order chi connectivity index (χ0) is 20.4. The van der Waals surface area contributed by atoms with E-state index >= 15 is 0 Å². The van der Waals surface area contributed by atoms with Crippen LogP contribution < -0.4 is 5.32 Å². The van der Waals surface area contributed by atoms with E-state index in [4.69, 9.17) is 0 Å². The lowest BCUT2D eigenvalue weighted by atomic mass is 10.1. The first kappa shape index (κ1) is 19.7. The topological polar surface area (TPSA) is 91.3 Å². The van der Waals surface area contributed by atoms with Gasteiger partial charge in [-0.1, -0.05) is 17.4 Å². The smallest absolute Gasteiger partial charge is 0.283 e. The number of anilines is 2. The van der Waals surface area contributed by atoms with Gasteiger partial charge >= 0.3 is 0 Å². The van der Waals surface area contributed by atoms with E-state index in [9.17, 15) is 9.59 Å². The van der Waals surface area contributed by atoms with Crippen LogP contribution in [-0.2, 0) is 4.79 Å². The van der Waals surface area contributed by atoms with Crippen molar-refractivity contribution in [3.05, 3.63) is 40.7 Å². The van der Waals surface area contributed by atoms with Gasteiger partial charge in [-0.2, -0.15) is 0 Å². The number of likely N-dealkylation sites (N-methyl/N-ethyl adjacent to an activating group) is 2. The summed E-state index contributed by atoms with van der Waals surface area (Å²) in [6.45, 7) is 4.08. The molecule has 2 aromatic heterocycles. The highest BCUT2D eigenvalue weighted by Gasteiger charge is 2.21. The number of fused-ring (bicyclic) bond motifs is 1. The normalized spacial score (nSPS) is 10.8. The van der Waals surface area contributed by atoms with E-state index < -0.39 is 0 Å². The number of aromatic nitrogens is 3. The number of hydrogen-bond acceptors (Lipinski definition) is 7. The number of rotatable bonds is 5. The van der Waals surface area contributed by atoms with Crippen molar-refractivity contribution in [1.82, 2.24) is 24.8 Å².